The lowest BCUT2D eigenvalue weighted by atomic mass is 9.96. The molecule has 414 valence electrons. The summed E-state index contributed by atoms with van der Waals surface area (Å²) in [6, 6.07) is 121. The van der Waals surface area contributed by atoms with E-state index >= 15 is 0 Å². The second kappa shape index (κ2) is 22.3. The molecule has 0 saturated carbocycles. The van der Waals surface area contributed by atoms with Crippen molar-refractivity contribution in [3.05, 3.63) is 340 Å². The topological polar surface area (TPSA) is 42.1 Å². The van der Waals surface area contributed by atoms with Crippen LogP contribution in [0.2, 0.25) is 0 Å². The van der Waals surface area contributed by atoms with Gasteiger partial charge in [0.05, 0.1) is 33.5 Å². The maximum atomic E-state index is 5.60. The summed E-state index contributed by atoms with van der Waals surface area (Å²) >= 11 is 0. The van der Waals surface area contributed by atoms with Crippen molar-refractivity contribution in [1.29, 1.82) is 0 Å². The summed E-state index contributed by atoms with van der Waals surface area (Å²) in [6.07, 6.45) is 0. The number of aromatic nitrogens is 4. The van der Waals surface area contributed by atoms with Crippen LogP contribution in [0.25, 0.3) is 111 Å². The van der Waals surface area contributed by atoms with Gasteiger partial charge in [0.15, 0.2) is 0 Å². The predicted molar refractivity (Wildman–Crippen MR) is 367 cm³/mol. The number of nitrogens with zero attached hydrogens (tertiary/aromatic N) is 6. The Morgan fingerprint density at radius 2 is 0.602 bits per heavy atom. The molecule has 0 aliphatic carbocycles. The summed E-state index contributed by atoms with van der Waals surface area (Å²) < 4.78 is 4.72. The molecule has 0 radical (unpaired) electrons. The zero-order chi connectivity index (χ0) is 58.3. The molecule has 3 aromatic heterocycles. The van der Waals surface area contributed by atoms with Crippen molar-refractivity contribution in [3.63, 3.8) is 0 Å². The van der Waals surface area contributed by atoms with E-state index in [1.54, 1.807) is 0 Å². The van der Waals surface area contributed by atoms with Crippen LogP contribution in [-0.2, 0) is 0 Å². The highest BCUT2D eigenvalue weighted by Crippen LogP contribution is 2.43. The SMILES string of the molecule is c1ccc(-c2ccccc2-c2cc(-c3cccc(N(c4ccccc4)c4ccc(-c5ccc6c(c5)c5ccccc5n6-c5ccccc5)cc4)c3)nc(N(c3ccccc3)c3ccc(-c4ccc5c(c4)c4ccccc4n5-c4ccccc4)cc3)n2)cc1. The smallest absolute Gasteiger partial charge is 0.235 e. The maximum absolute atomic E-state index is 5.60. The molecule has 0 unspecified atom stereocenters. The van der Waals surface area contributed by atoms with Crippen molar-refractivity contribution >= 4 is 78.0 Å². The molecular formula is C82H56N6. The second-order valence-corrected chi connectivity index (χ2v) is 22.2. The average molecular weight is 1130 g/mol. The minimum absolute atomic E-state index is 0.549. The van der Waals surface area contributed by atoms with Crippen LogP contribution >= 0.6 is 0 Å². The molecule has 16 rings (SSSR count). The number of fused-ring (bicyclic) bond motifs is 6. The van der Waals surface area contributed by atoms with Gasteiger partial charge in [-0.2, -0.15) is 0 Å². The Kier molecular flexibility index (Phi) is 13.1. The van der Waals surface area contributed by atoms with Gasteiger partial charge in [-0.3, -0.25) is 4.90 Å². The molecule has 13 aromatic carbocycles. The number of anilines is 6. The highest BCUT2D eigenvalue weighted by atomic mass is 15.3. The van der Waals surface area contributed by atoms with E-state index in [0.717, 1.165) is 95.7 Å². The highest BCUT2D eigenvalue weighted by molar-refractivity contribution is 6.12. The number of hydrogen-bond donors (Lipinski definition) is 0. The van der Waals surface area contributed by atoms with E-state index in [1.165, 1.54) is 43.6 Å². The van der Waals surface area contributed by atoms with Crippen molar-refractivity contribution in [3.8, 4) is 67.3 Å². The van der Waals surface area contributed by atoms with Crippen molar-refractivity contribution in [2.75, 3.05) is 9.80 Å². The Balaban J connectivity index is 0.799. The molecular weight excluding hydrogens is 1070 g/mol. The zero-order valence-corrected chi connectivity index (χ0v) is 48.0. The van der Waals surface area contributed by atoms with Gasteiger partial charge in [-0.05, 0) is 161 Å². The van der Waals surface area contributed by atoms with E-state index in [1.807, 2.05) is 0 Å². The van der Waals surface area contributed by atoms with E-state index in [0.29, 0.717) is 5.95 Å². The molecule has 0 aliphatic heterocycles. The summed E-state index contributed by atoms with van der Waals surface area (Å²) in [7, 11) is 0. The Bertz CT molecular complexity index is 5180. The fourth-order valence-electron chi connectivity index (χ4n) is 12.8. The van der Waals surface area contributed by atoms with Crippen molar-refractivity contribution in [2.45, 2.75) is 0 Å². The van der Waals surface area contributed by atoms with Crippen LogP contribution in [0.5, 0.6) is 0 Å². The fraction of sp³-hybridized carbons (Fsp3) is 0. The van der Waals surface area contributed by atoms with Crippen molar-refractivity contribution in [2.24, 2.45) is 0 Å². The summed E-state index contributed by atoms with van der Waals surface area (Å²) in [6.45, 7) is 0. The van der Waals surface area contributed by atoms with Gasteiger partial charge >= 0.3 is 0 Å². The minimum Gasteiger partial charge on any atom is -0.310 e. The summed E-state index contributed by atoms with van der Waals surface area (Å²) in [5.41, 5.74) is 22.3. The molecule has 0 fully saturated rings. The maximum Gasteiger partial charge on any atom is 0.235 e. The van der Waals surface area contributed by atoms with E-state index in [9.17, 15) is 0 Å². The average Bonchev–Trinajstić information content (AvgIpc) is 2.05. The highest BCUT2D eigenvalue weighted by Gasteiger charge is 2.23. The molecule has 0 amide bonds. The van der Waals surface area contributed by atoms with Gasteiger partial charge in [0.25, 0.3) is 0 Å². The third-order valence-electron chi connectivity index (χ3n) is 16.9. The van der Waals surface area contributed by atoms with Crippen LogP contribution in [0, 0.1) is 0 Å². The summed E-state index contributed by atoms with van der Waals surface area (Å²) in [5, 5.41) is 4.89. The molecule has 0 atom stereocenters. The monoisotopic (exact) mass is 1120 g/mol. The van der Waals surface area contributed by atoms with Gasteiger partial charge < -0.3 is 14.0 Å². The summed E-state index contributed by atoms with van der Waals surface area (Å²) in [5.74, 6) is 0.549. The molecule has 0 saturated heterocycles. The van der Waals surface area contributed by atoms with Crippen LogP contribution in [-0.4, -0.2) is 19.1 Å². The van der Waals surface area contributed by atoms with Gasteiger partial charge in [-0.15, -0.1) is 0 Å². The van der Waals surface area contributed by atoms with Crippen LogP contribution in [0.1, 0.15) is 0 Å². The molecule has 0 aliphatic rings. The van der Waals surface area contributed by atoms with Crippen LogP contribution in [0.15, 0.2) is 340 Å². The lowest BCUT2D eigenvalue weighted by molar-refractivity contribution is 1.09. The Morgan fingerprint density at radius 1 is 0.216 bits per heavy atom. The first-order chi connectivity index (χ1) is 43.6. The number of benzene rings is 13. The van der Waals surface area contributed by atoms with E-state index in [-0.39, 0.29) is 0 Å². The summed E-state index contributed by atoms with van der Waals surface area (Å²) in [4.78, 5) is 15.7. The molecule has 0 N–H and O–H groups in total. The number of para-hydroxylation sites is 6. The number of hydrogen-bond acceptors (Lipinski definition) is 4. The number of rotatable bonds is 13. The van der Waals surface area contributed by atoms with Crippen molar-refractivity contribution in [1.82, 2.24) is 19.1 Å². The standard InChI is InChI=1S/C82H56N6/c1-6-23-59(24-7-1)70-35-16-17-36-71(70)77-56-76(83-82(84-77)86(64-28-10-3-11-29-64)68-49-43-58(44-50-68)61-46-52-81-75(55-61)73-38-19-21-40-79(73)88(81)66-32-14-5-15-33-66)62-25-22-34-69(53-62)85(63-26-8-2-9-27-63)67-47-41-57(42-48-67)60-45-51-80-74(54-60)72-37-18-20-39-78(72)87(80)65-30-12-4-13-31-65/h1-56H. The second-order valence-electron chi connectivity index (χ2n) is 22.2. The van der Waals surface area contributed by atoms with Gasteiger partial charge in [0.2, 0.25) is 5.95 Å². The minimum atomic E-state index is 0.549. The Morgan fingerprint density at radius 3 is 1.15 bits per heavy atom. The largest absolute Gasteiger partial charge is 0.310 e. The molecule has 3 heterocycles. The third kappa shape index (κ3) is 9.42. The Labute approximate surface area is 511 Å². The van der Waals surface area contributed by atoms with E-state index in [2.05, 4.69) is 359 Å². The Hall–Kier alpha value is -11.9. The normalized spacial score (nSPS) is 11.4. The van der Waals surface area contributed by atoms with Gasteiger partial charge in [-0.1, -0.05) is 212 Å². The van der Waals surface area contributed by atoms with Gasteiger partial charge in [-0.25, -0.2) is 9.97 Å². The first kappa shape index (κ1) is 51.8. The molecule has 0 bridgehead atoms. The van der Waals surface area contributed by atoms with E-state index in [4.69, 9.17) is 9.97 Å². The molecule has 88 heavy (non-hydrogen) atoms. The quantitative estimate of drug-likeness (QED) is 0.115. The lowest BCUT2D eigenvalue weighted by Gasteiger charge is -2.26. The van der Waals surface area contributed by atoms with Crippen molar-refractivity contribution < 1.29 is 0 Å². The van der Waals surface area contributed by atoms with Crippen LogP contribution in [0.3, 0.4) is 0 Å². The molecule has 16 aromatic rings. The van der Waals surface area contributed by atoms with Crippen LogP contribution < -0.4 is 9.80 Å². The molecule has 6 heteroatoms. The van der Waals surface area contributed by atoms with Crippen LogP contribution in [0.4, 0.5) is 34.4 Å². The third-order valence-corrected chi connectivity index (χ3v) is 16.9. The van der Waals surface area contributed by atoms with E-state index < -0.39 is 0 Å². The zero-order valence-electron chi connectivity index (χ0n) is 48.0. The predicted octanol–water partition coefficient (Wildman–Crippen LogP) is 21.9. The first-order valence-corrected chi connectivity index (χ1v) is 29.9. The van der Waals surface area contributed by atoms with Gasteiger partial charge in [0.1, 0.15) is 0 Å². The van der Waals surface area contributed by atoms with Gasteiger partial charge in [0, 0.05) is 72.5 Å². The fourth-order valence-corrected chi connectivity index (χ4v) is 12.8. The molecule has 6 nitrogen and oxygen atoms in total. The molecule has 0 spiro atoms. The lowest BCUT2D eigenvalue weighted by Crippen LogP contribution is -2.14. The first-order valence-electron chi connectivity index (χ1n) is 29.9.